The number of aliphatic carboxylic acids is 1. The Bertz CT molecular complexity index is 363. The van der Waals surface area contributed by atoms with Crippen LogP contribution in [0.3, 0.4) is 0 Å². The van der Waals surface area contributed by atoms with Gasteiger partial charge in [0.1, 0.15) is 18.2 Å². The number of aromatic nitrogens is 2. The highest BCUT2D eigenvalue weighted by atomic mass is 16.4. The Balaban J connectivity index is 2.90. The van der Waals surface area contributed by atoms with Gasteiger partial charge < -0.3 is 10.4 Å². The van der Waals surface area contributed by atoms with E-state index in [1.807, 2.05) is 13.8 Å². The Morgan fingerprint density at radius 1 is 1.36 bits per heavy atom. The number of hydrogen-bond donors (Lipinski definition) is 2. The lowest BCUT2D eigenvalue weighted by Gasteiger charge is -2.08. The minimum atomic E-state index is -0.904. The van der Waals surface area contributed by atoms with Crippen molar-refractivity contribution < 1.29 is 9.90 Å². The average Bonchev–Trinajstić information content (AvgIpc) is 2.08. The number of carboxylic acids is 1. The highest BCUT2D eigenvalue weighted by Crippen LogP contribution is 2.13. The summed E-state index contributed by atoms with van der Waals surface area (Å²) in [6.07, 6.45) is 0. The van der Waals surface area contributed by atoms with Crippen molar-refractivity contribution in [3.8, 4) is 0 Å². The summed E-state index contributed by atoms with van der Waals surface area (Å²) in [7, 11) is 0. The van der Waals surface area contributed by atoms with Crippen LogP contribution in [0.5, 0.6) is 0 Å². The summed E-state index contributed by atoms with van der Waals surface area (Å²) in [4.78, 5) is 18.6. The minimum absolute atomic E-state index is 0.128. The van der Waals surface area contributed by atoms with Crippen LogP contribution >= 0.6 is 0 Å². The van der Waals surface area contributed by atoms with Crippen LogP contribution in [-0.4, -0.2) is 27.6 Å². The molecule has 2 N–H and O–H groups in total. The highest BCUT2D eigenvalue weighted by Gasteiger charge is 2.06. The fourth-order valence-electron chi connectivity index (χ4n) is 1.10. The summed E-state index contributed by atoms with van der Waals surface area (Å²) in [5.41, 5.74) is 1.75. The number of nitrogens with zero attached hydrogens (tertiary/aromatic N) is 2. The van der Waals surface area contributed by atoms with Crippen molar-refractivity contribution >= 4 is 11.8 Å². The Hall–Kier alpha value is -1.65. The molecular weight excluding hydrogens is 182 g/mol. The maximum atomic E-state index is 10.3. The molecule has 1 rings (SSSR count). The predicted molar refractivity (Wildman–Crippen MR) is 52.4 cm³/mol. The van der Waals surface area contributed by atoms with E-state index in [0.29, 0.717) is 11.6 Å². The average molecular weight is 195 g/mol. The molecular formula is C9H13N3O2. The normalized spacial score (nSPS) is 9.93. The van der Waals surface area contributed by atoms with Gasteiger partial charge in [-0.25, -0.2) is 9.97 Å². The molecule has 1 aromatic rings. The summed E-state index contributed by atoms with van der Waals surface area (Å²) < 4.78 is 0. The van der Waals surface area contributed by atoms with Crippen molar-refractivity contribution in [2.75, 3.05) is 11.9 Å². The molecule has 0 fully saturated rings. The van der Waals surface area contributed by atoms with Crippen LogP contribution in [0.1, 0.15) is 17.1 Å². The third kappa shape index (κ3) is 2.42. The number of carbonyl (C=O) groups is 1. The molecule has 0 spiro atoms. The van der Waals surface area contributed by atoms with Gasteiger partial charge in [0.05, 0.1) is 0 Å². The van der Waals surface area contributed by atoms with Crippen LogP contribution in [0, 0.1) is 20.8 Å². The number of nitrogens with one attached hydrogen (secondary N) is 1. The molecule has 76 valence electrons. The van der Waals surface area contributed by atoms with Gasteiger partial charge in [0.25, 0.3) is 0 Å². The maximum absolute atomic E-state index is 10.3. The molecule has 0 aliphatic rings. The van der Waals surface area contributed by atoms with Crippen molar-refractivity contribution in [1.29, 1.82) is 0 Å². The first-order valence-corrected chi connectivity index (χ1v) is 4.28. The number of anilines is 1. The summed E-state index contributed by atoms with van der Waals surface area (Å²) in [6, 6.07) is 0. The van der Waals surface area contributed by atoms with Gasteiger partial charge in [-0.05, 0) is 20.8 Å². The van der Waals surface area contributed by atoms with Crippen molar-refractivity contribution in [2.45, 2.75) is 20.8 Å². The van der Waals surface area contributed by atoms with E-state index in [1.165, 1.54) is 0 Å². The number of rotatable bonds is 3. The second-order valence-electron chi connectivity index (χ2n) is 3.08. The molecule has 0 aromatic carbocycles. The molecule has 1 aromatic heterocycles. The van der Waals surface area contributed by atoms with Gasteiger partial charge in [-0.3, -0.25) is 4.79 Å². The number of aryl methyl sites for hydroxylation is 2. The largest absolute Gasteiger partial charge is 0.480 e. The van der Waals surface area contributed by atoms with E-state index in [-0.39, 0.29) is 6.54 Å². The molecule has 5 heteroatoms. The maximum Gasteiger partial charge on any atom is 0.322 e. The molecule has 1 heterocycles. The van der Waals surface area contributed by atoms with Crippen molar-refractivity contribution in [3.63, 3.8) is 0 Å². The molecule has 5 nitrogen and oxygen atoms in total. The van der Waals surface area contributed by atoms with Gasteiger partial charge in [-0.2, -0.15) is 0 Å². The zero-order chi connectivity index (χ0) is 10.7. The summed E-state index contributed by atoms with van der Waals surface area (Å²) in [5, 5.41) is 11.2. The first-order valence-electron chi connectivity index (χ1n) is 4.28. The fourth-order valence-corrected chi connectivity index (χ4v) is 1.10. The third-order valence-corrected chi connectivity index (χ3v) is 1.91. The smallest absolute Gasteiger partial charge is 0.322 e. The second kappa shape index (κ2) is 4.04. The Kier molecular flexibility index (Phi) is 3.01. The van der Waals surface area contributed by atoms with Crippen molar-refractivity contribution in [1.82, 2.24) is 9.97 Å². The molecule has 0 saturated carbocycles. The van der Waals surface area contributed by atoms with E-state index < -0.39 is 5.97 Å². The Morgan fingerprint density at radius 3 is 2.57 bits per heavy atom. The van der Waals surface area contributed by atoms with Crippen LogP contribution < -0.4 is 5.32 Å². The zero-order valence-electron chi connectivity index (χ0n) is 8.46. The number of hydrogen-bond acceptors (Lipinski definition) is 4. The molecule has 0 aliphatic heterocycles. The Labute approximate surface area is 82.2 Å². The molecule has 0 amide bonds. The van der Waals surface area contributed by atoms with Crippen LogP contribution in [0.15, 0.2) is 0 Å². The SMILES string of the molecule is Cc1nc(C)c(C)c(NCC(=O)O)n1. The van der Waals surface area contributed by atoms with E-state index in [9.17, 15) is 4.79 Å². The molecule has 0 aliphatic carbocycles. The van der Waals surface area contributed by atoms with E-state index in [1.54, 1.807) is 6.92 Å². The first kappa shape index (κ1) is 10.4. The minimum Gasteiger partial charge on any atom is -0.480 e. The molecule has 0 atom stereocenters. The zero-order valence-corrected chi connectivity index (χ0v) is 8.46. The van der Waals surface area contributed by atoms with Gasteiger partial charge >= 0.3 is 5.97 Å². The Morgan fingerprint density at radius 2 is 2.00 bits per heavy atom. The van der Waals surface area contributed by atoms with Crippen molar-refractivity contribution in [3.05, 3.63) is 17.1 Å². The van der Waals surface area contributed by atoms with Crippen LogP contribution in [0.25, 0.3) is 0 Å². The van der Waals surface area contributed by atoms with Gasteiger partial charge in [0, 0.05) is 11.3 Å². The van der Waals surface area contributed by atoms with E-state index in [2.05, 4.69) is 15.3 Å². The summed E-state index contributed by atoms with van der Waals surface area (Å²) in [5.74, 6) is 0.330. The third-order valence-electron chi connectivity index (χ3n) is 1.91. The summed E-state index contributed by atoms with van der Waals surface area (Å²) in [6.45, 7) is 5.38. The lowest BCUT2D eigenvalue weighted by atomic mass is 10.2. The molecule has 0 bridgehead atoms. The van der Waals surface area contributed by atoms with Gasteiger partial charge in [0.15, 0.2) is 0 Å². The van der Waals surface area contributed by atoms with E-state index >= 15 is 0 Å². The predicted octanol–water partition coefficient (Wildman–Crippen LogP) is 0.898. The van der Waals surface area contributed by atoms with E-state index in [0.717, 1.165) is 11.3 Å². The lowest BCUT2D eigenvalue weighted by Crippen LogP contribution is -2.15. The first-order chi connectivity index (χ1) is 6.50. The standard InChI is InChI=1S/C9H13N3O2/c1-5-6(2)11-7(3)12-9(5)10-4-8(13)14/h4H2,1-3H3,(H,13,14)(H,10,11,12). The van der Waals surface area contributed by atoms with Crippen LogP contribution in [-0.2, 0) is 4.79 Å². The highest BCUT2D eigenvalue weighted by molar-refractivity contribution is 5.72. The van der Waals surface area contributed by atoms with Gasteiger partial charge in [-0.15, -0.1) is 0 Å². The monoisotopic (exact) mass is 195 g/mol. The van der Waals surface area contributed by atoms with Crippen LogP contribution in [0.2, 0.25) is 0 Å². The molecule has 14 heavy (non-hydrogen) atoms. The summed E-state index contributed by atoms with van der Waals surface area (Å²) >= 11 is 0. The van der Waals surface area contributed by atoms with Gasteiger partial charge in [0.2, 0.25) is 0 Å². The van der Waals surface area contributed by atoms with Gasteiger partial charge in [-0.1, -0.05) is 0 Å². The number of carboxylic acid groups (broad SMARTS) is 1. The van der Waals surface area contributed by atoms with Crippen LogP contribution in [0.4, 0.5) is 5.82 Å². The topological polar surface area (TPSA) is 75.1 Å². The quantitative estimate of drug-likeness (QED) is 0.749. The molecule has 0 unspecified atom stereocenters. The second-order valence-corrected chi connectivity index (χ2v) is 3.08. The van der Waals surface area contributed by atoms with E-state index in [4.69, 9.17) is 5.11 Å². The van der Waals surface area contributed by atoms with Crippen molar-refractivity contribution in [2.24, 2.45) is 0 Å². The molecule has 0 saturated heterocycles. The lowest BCUT2D eigenvalue weighted by molar-refractivity contribution is -0.134. The molecule has 0 radical (unpaired) electrons. The fraction of sp³-hybridized carbons (Fsp3) is 0.444.